The molecule has 9 heteroatoms. The molecule has 0 saturated carbocycles. The van der Waals surface area contributed by atoms with Gasteiger partial charge in [-0.1, -0.05) is 0 Å². The lowest BCUT2D eigenvalue weighted by atomic mass is 10.2. The van der Waals surface area contributed by atoms with Gasteiger partial charge in [0.1, 0.15) is 16.5 Å². The number of fused-ring (bicyclic) bond motifs is 1. The van der Waals surface area contributed by atoms with E-state index in [2.05, 4.69) is 10.3 Å². The van der Waals surface area contributed by atoms with E-state index in [9.17, 15) is 23.5 Å². The molecule has 0 spiro atoms. The van der Waals surface area contributed by atoms with Crippen molar-refractivity contribution >= 4 is 38.9 Å². The summed E-state index contributed by atoms with van der Waals surface area (Å²) in [5.74, 6) is -3.08. The Bertz CT molecular complexity index is 952. The summed E-state index contributed by atoms with van der Waals surface area (Å²) in [6, 6.07) is 5.51. The Balaban J connectivity index is 0.00000192. The Morgan fingerprint density at radius 3 is 2.61 bits per heavy atom. The average Bonchev–Trinajstić information content (AvgIpc) is 2.80. The van der Waals surface area contributed by atoms with Gasteiger partial charge in [-0.2, -0.15) is 0 Å². The van der Waals surface area contributed by atoms with Crippen molar-refractivity contribution in [1.82, 2.24) is 11.1 Å². The van der Waals surface area contributed by atoms with Gasteiger partial charge in [-0.05, 0) is 18.2 Å². The minimum Gasteiger partial charge on any atom is -0.544 e. The molecule has 0 amide bonds. The van der Waals surface area contributed by atoms with E-state index in [1.807, 2.05) is 0 Å². The van der Waals surface area contributed by atoms with Crippen molar-refractivity contribution in [1.29, 1.82) is 0 Å². The fourth-order valence-corrected chi connectivity index (χ4v) is 2.98. The first-order valence-electron chi connectivity index (χ1n) is 6.05. The summed E-state index contributed by atoms with van der Waals surface area (Å²) in [4.78, 5) is 25.1. The number of H-pyrrole nitrogens is 1. The number of aromatic amines is 1. The van der Waals surface area contributed by atoms with Crippen LogP contribution in [0.25, 0.3) is 10.2 Å². The molecule has 23 heavy (non-hydrogen) atoms. The average molecular weight is 339 g/mol. The molecule has 6 nitrogen and oxygen atoms in total. The number of anilines is 2. The quantitative estimate of drug-likeness (QED) is 0.678. The van der Waals surface area contributed by atoms with Crippen molar-refractivity contribution in [2.24, 2.45) is 0 Å². The zero-order valence-corrected chi connectivity index (χ0v) is 12.6. The Labute approximate surface area is 132 Å². The maximum absolute atomic E-state index is 13.7. The summed E-state index contributed by atoms with van der Waals surface area (Å²) < 4.78 is 26.6. The fourth-order valence-electron chi connectivity index (χ4n) is 2.00. The maximum atomic E-state index is 13.7. The molecule has 0 atom stereocenters. The van der Waals surface area contributed by atoms with Crippen molar-refractivity contribution in [3.05, 3.63) is 57.2 Å². The van der Waals surface area contributed by atoms with Gasteiger partial charge in [0.25, 0.3) is 0 Å². The number of aromatic carboxylic acids is 1. The first-order chi connectivity index (χ1) is 10.5. The van der Waals surface area contributed by atoms with Gasteiger partial charge in [-0.3, -0.25) is 4.79 Å². The molecular weight excluding hydrogens is 328 g/mol. The van der Waals surface area contributed by atoms with E-state index in [1.165, 1.54) is 12.1 Å². The Kier molecular flexibility index (Phi) is 4.43. The van der Waals surface area contributed by atoms with E-state index in [0.29, 0.717) is 16.3 Å². The standard InChI is InChI=1S/C14H8F2N2O3S.H3N/c15-6-1-3-9(8(16)5-6)17-11-7-2-4-10(19)18-13(7)22-12(11)14(20)21;/h1-5,17H,(H,18,19)(H,20,21);1H3. The van der Waals surface area contributed by atoms with Crippen LogP contribution in [0.5, 0.6) is 0 Å². The lowest BCUT2D eigenvalue weighted by Crippen LogP contribution is -2.21. The number of nitrogens with one attached hydrogen (secondary N) is 2. The van der Waals surface area contributed by atoms with Crippen LogP contribution >= 0.6 is 11.3 Å². The number of hydrogen-bond donors (Lipinski definition) is 3. The molecular formula is C14H11F2N3O3S. The molecule has 3 rings (SSSR count). The molecule has 0 bridgehead atoms. The number of carbonyl (C=O) groups is 1. The van der Waals surface area contributed by atoms with Gasteiger partial charge < -0.3 is 26.4 Å². The second-order valence-electron chi connectivity index (χ2n) is 4.41. The molecule has 3 aromatic rings. The molecule has 0 aliphatic heterocycles. The number of thiophene rings is 1. The van der Waals surface area contributed by atoms with E-state index in [4.69, 9.17) is 0 Å². The van der Waals surface area contributed by atoms with E-state index in [-0.39, 0.29) is 22.4 Å². The highest BCUT2D eigenvalue weighted by molar-refractivity contribution is 7.21. The summed E-state index contributed by atoms with van der Waals surface area (Å²) in [5, 5.41) is 14.2. The number of hydrogen-bond acceptors (Lipinski definition) is 5. The molecule has 2 aromatic heterocycles. The summed E-state index contributed by atoms with van der Waals surface area (Å²) >= 11 is 0.798. The van der Waals surface area contributed by atoms with Gasteiger partial charge in [-0.15, -0.1) is 11.3 Å². The molecule has 120 valence electrons. The number of quaternary nitrogens is 1. The molecule has 0 aliphatic carbocycles. The van der Waals surface area contributed by atoms with Crippen LogP contribution in [0.2, 0.25) is 0 Å². The van der Waals surface area contributed by atoms with E-state index in [0.717, 1.165) is 23.5 Å². The van der Waals surface area contributed by atoms with Gasteiger partial charge in [-0.25, -0.2) is 8.78 Å². The predicted molar refractivity (Wildman–Crippen MR) is 82.4 cm³/mol. The molecule has 0 saturated heterocycles. The second-order valence-corrected chi connectivity index (χ2v) is 5.43. The zero-order chi connectivity index (χ0) is 15.9. The van der Waals surface area contributed by atoms with Gasteiger partial charge in [0.05, 0.1) is 22.2 Å². The number of halogens is 2. The van der Waals surface area contributed by atoms with Crippen molar-refractivity contribution in [2.75, 3.05) is 5.32 Å². The molecule has 0 unspecified atom stereocenters. The van der Waals surface area contributed by atoms with Crippen LogP contribution in [0, 0.1) is 11.6 Å². The minimum atomic E-state index is -1.47. The SMILES string of the molecule is O=C([O-])c1sc2[nH]c(=O)ccc2c1Nc1ccc(F)cc1F.[NH4+]. The van der Waals surface area contributed by atoms with Crippen LogP contribution in [-0.2, 0) is 0 Å². The van der Waals surface area contributed by atoms with Crippen LogP contribution < -0.4 is 22.1 Å². The Morgan fingerprint density at radius 1 is 1.22 bits per heavy atom. The topological polar surface area (TPSA) is 122 Å². The number of rotatable bonds is 3. The number of benzene rings is 1. The normalized spacial score (nSPS) is 10.3. The molecule has 0 radical (unpaired) electrons. The van der Waals surface area contributed by atoms with E-state index in [1.54, 1.807) is 0 Å². The predicted octanol–water partition coefficient (Wildman–Crippen LogP) is 2.35. The van der Waals surface area contributed by atoms with E-state index < -0.39 is 23.2 Å². The van der Waals surface area contributed by atoms with Crippen molar-refractivity contribution in [3.8, 4) is 0 Å². The Hall–Kier alpha value is -2.78. The van der Waals surface area contributed by atoms with Crippen LogP contribution in [0.15, 0.2) is 35.1 Å². The number of pyridine rings is 1. The zero-order valence-electron chi connectivity index (χ0n) is 11.8. The van der Waals surface area contributed by atoms with Crippen molar-refractivity contribution in [3.63, 3.8) is 0 Å². The summed E-state index contributed by atoms with van der Waals surface area (Å²) in [5.41, 5.74) is -0.394. The molecule has 0 aliphatic rings. The van der Waals surface area contributed by atoms with Gasteiger partial charge >= 0.3 is 0 Å². The van der Waals surface area contributed by atoms with Crippen LogP contribution in [0.4, 0.5) is 20.2 Å². The largest absolute Gasteiger partial charge is 0.544 e. The molecule has 6 N–H and O–H groups in total. The maximum Gasteiger partial charge on any atom is 0.249 e. The first-order valence-corrected chi connectivity index (χ1v) is 6.86. The summed E-state index contributed by atoms with van der Waals surface area (Å²) in [6.07, 6.45) is 0. The first kappa shape index (κ1) is 16.6. The molecule has 2 heterocycles. The van der Waals surface area contributed by atoms with Gasteiger partial charge in [0.2, 0.25) is 5.56 Å². The van der Waals surface area contributed by atoms with Crippen molar-refractivity contribution < 1.29 is 18.7 Å². The smallest absolute Gasteiger partial charge is 0.249 e. The number of carbonyl (C=O) groups excluding carboxylic acids is 1. The van der Waals surface area contributed by atoms with Crippen LogP contribution in [0.1, 0.15) is 9.67 Å². The molecule has 0 fully saturated rings. The van der Waals surface area contributed by atoms with E-state index >= 15 is 0 Å². The van der Waals surface area contributed by atoms with Crippen LogP contribution in [0.3, 0.4) is 0 Å². The summed E-state index contributed by atoms with van der Waals surface area (Å²) in [7, 11) is 0. The Morgan fingerprint density at radius 2 is 1.96 bits per heavy atom. The van der Waals surface area contributed by atoms with Crippen LogP contribution in [-0.4, -0.2) is 11.0 Å². The number of carboxylic acid groups (broad SMARTS) is 1. The lowest BCUT2D eigenvalue weighted by Gasteiger charge is -2.10. The number of carboxylic acids is 1. The fraction of sp³-hybridized carbons (Fsp3) is 0. The third kappa shape index (κ3) is 3.05. The summed E-state index contributed by atoms with van der Waals surface area (Å²) in [6.45, 7) is 0. The third-order valence-corrected chi connectivity index (χ3v) is 4.06. The minimum absolute atomic E-state index is 0. The molecule has 1 aromatic carbocycles. The highest BCUT2D eigenvalue weighted by Gasteiger charge is 2.15. The monoisotopic (exact) mass is 339 g/mol. The van der Waals surface area contributed by atoms with Gasteiger partial charge in [0, 0.05) is 17.5 Å². The lowest BCUT2D eigenvalue weighted by molar-refractivity contribution is -0.254. The van der Waals surface area contributed by atoms with Crippen molar-refractivity contribution in [2.45, 2.75) is 0 Å². The number of aromatic nitrogens is 1. The highest BCUT2D eigenvalue weighted by Crippen LogP contribution is 2.36. The highest BCUT2D eigenvalue weighted by atomic mass is 32.1. The third-order valence-electron chi connectivity index (χ3n) is 2.96. The second kappa shape index (κ2) is 6.15. The van der Waals surface area contributed by atoms with Gasteiger partial charge in [0.15, 0.2) is 0 Å².